The Bertz CT molecular complexity index is 298. The highest BCUT2D eigenvalue weighted by Gasteiger charge is 2.47. The van der Waals surface area contributed by atoms with Crippen molar-refractivity contribution in [2.45, 2.75) is 39.7 Å². The van der Waals surface area contributed by atoms with E-state index in [1.165, 1.54) is 0 Å². The van der Waals surface area contributed by atoms with Crippen LogP contribution in [0.4, 0.5) is 0 Å². The fourth-order valence-corrected chi connectivity index (χ4v) is 2.46. The van der Waals surface area contributed by atoms with Crippen LogP contribution in [0, 0.1) is 11.3 Å². The summed E-state index contributed by atoms with van der Waals surface area (Å²) in [6.07, 6.45) is 1.63. The van der Waals surface area contributed by atoms with Gasteiger partial charge in [-0.3, -0.25) is 9.59 Å². The zero-order valence-electron chi connectivity index (χ0n) is 10.9. The third-order valence-corrected chi connectivity index (χ3v) is 3.44. The third-order valence-electron chi connectivity index (χ3n) is 3.44. The predicted octanol–water partition coefficient (Wildman–Crippen LogP) is 0.00220. The molecule has 5 nitrogen and oxygen atoms in total. The standard InChI is InChI=1S/C12H23N3O2/c1-4-14-10(16)9(3)15-11(17)12(7-13)5-8(2)6-12/h8-9H,4-7,13H2,1-3H3,(H,14,16)(H,15,17). The van der Waals surface area contributed by atoms with Gasteiger partial charge in [0.25, 0.3) is 0 Å². The largest absolute Gasteiger partial charge is 0.355 e. The summed E-state index contributed by atoms with van der Waals surface area (Å²) in [4.78, 5) is 23.6. The first-order chi connectivity index (χ1) is 7.95. The van der Waals surface area contributed by atoms with Crippen molar-refractivity contribution in [3.05, 3.63) is 0 Å². The van der Waals surface area contributed by atoms with E-state index < -0.39 is 11.5 Å². The summed E-state index contributed by atoms with van der Waals surface area (Å²) in [6.45, 7) is 6.56. The molecular formula is C12H23N3O2. The number of amides is 2. The van der Waals surface area contributed by atoms with Crippen LogP contribution in [0.1, 0.15) is 33.6 Å². The monoisotopic (exact) mass is 241 g/mol. The lowest BCUT2D eigenvalue weighted by molar-refractivity contribution is -0.141. The second kappa shape index (κ2) is 5.49. The summed E-state index contributed by atoms with van der Waals surface area (Å²) in [7, 11) is 0. The molecule has 98 valence electrons. The van der Waals surface area contributed by atoms with Crippen LogP contribution in [-0.4, -0.2) is 30.9 Å². The maximum atomic E-state index is 12.1. The molecule has 0 heterocycles. The minimum absolute atomic E-state index is 0.0862. The summed E-state index contributed by atoms with van der Waals surface area (Å²) in [5.74, 6) is 0.307. The van der Waals surface area contributed by atoms with Crippen LogP contribution in [0.2, 0.25) is 0 Å². The summed E-state index contributed by atoms with van der Waals surface area (Å²) in [5, 5.41) is 5.43. The van der Waals surface area contributed by atoms with Gasteiger partial charge in [-0.1, -0.05) is 6.92 Å². The summed E-state index contributed by atoms with van der Waals surface area (Å²) >= 11 is 0. The summed E-state index contributed by atoms with van der Waals surface area (Å²) in [6, 6.07) is -0.498. The molecule has 1 aliphatic rings. The Kier molecular flexibility index (Phi) is 4.51. The Balaban J connectivity index is 2.51. The molecule has 1 unspecified atom stereocenters. The van der Waals surface area contributed by atoms with E-state index in [0.29, 0.717) is 19.0 Å². The van der Waals surface area contributed by atoms with Crippen molar-refractivity contribution in [2.75, 3.05) is 13.1 Å². The van der Waals surface area contributed by atoms with Gasteiger partial charge >= 0.3 is 0 Å². The molecule has 1 aliphatic carbocycles. The first-order valence-corrected chi connectivity index (χ1v) is 6.24. The molecule has 2 amide bonds. The second-order valence-electron chi connectivity index (χ2n) is 5.09. The maximum Gasteiger partial charge on any atom is 0.242 e. The molecule has 4 N–H and O–H groups in total. The first-order valence-electron chi connectivity index (χ1n) is 6.24. The normalized spacial score (nSPS) is 29.1. The lowest BCUT2D eigenvalue weighted by Gasteiger charge is -2.44. The number of nitrogens with one attached hydrogen (secondary N) is 2. The van der Waals surface area contributed by atoms with E-state index in [-0.39, 0.29) is 11.8 Å². The number of likely N-dealkylation sites (N-methyl/N-ethyl adjacent to an activating group) is 1. The topological polar surface area (TPSA) is 84.2 Å². The summed E-state index contributed by atoms with van der Waals surface area (Å²) < 4.78 is 0. The Labute approximate surface area is 103 Å². The second-order valence-corrected chi connectivity index (χ2v) is 5.09. The average Bonchev–Trinajstić information content (AvgIpc) is 2.24. The van der Waals surface area contributed by atoms with Crippen molar-refractivity contribution < 1.29 is 9.59 Å². The van der Waals surface area contributed by atoms with Crippen molar-refractivity contribution >= 4 is 11.8 Å². The lowest BCUT2D eigenvalue weighted by Crippen LogP contribution is -2.57. The van der Waals surface area contributed by atoms with Crippen LogP contribution in [-0.2, 0) is 9.59 Å². The molecule has 0 saturated heterocycles. The van der Waals surface area contributed by atoms with Gasteiger partial charge in [-0.05, 0) is 32.6 Å². The summed E-state index contributed by atoms with van der Waals surface area (Å²) in [5.41, 5.74) is 5.24. The number of carbonyl (C=O) groups is 2. The Hall–Kier alpha value is -1.10. The van der Waals surface area contributed by atoms with Gasteiger partial charge in [0.2, 0.25) is 11.8 Å². The van der Waals surface area contributed by atoms with Gasteiger partial charge in [0, 0.05) is 13.1 Å². The average molecular weight is 241 g/mol. The van der Waals surface area contributed by atoms with Crippen molar-refractivity contribution in [2.24, 2.45) is 17.1 Å². The minimum Gasteiger partial charge on any atom is -0.355 e. The van der Waals surface area contributed by atoms with E-state index in [1.807, 2.05) is 6.92 Å². The number of hydrogen-bond acceptors (Lipinski definition) is 3. The molecular weight excluding hydrogens is 218 g/mol. The molecule has 5 heteroatoms. The third kappa shape index (κ3) is 2.97. The molecule has 0 aromatic carbocycles. The van der Waals surface area contributed by atoms with E-state index in [2.05, 4.69) is 17.6 Å². The predicted molar refractivity (Wildman–Crippen MR) is 66.2 cm³/mol. The first kappa shape index (κ1) is 14.0. The number of rotatable bonds is 5. The zero-order chi connectivity index (χ0) is 13.1. The van der Waals surface area contributed by atoms with Crippen LogP contribution in [0.5, 0.6) is 0 Å². The van der Waals surface area contributed by atoms with E-state index >= 15 is 0 Å². The maximum absolute atomic E-state index is 12.1. The highest BCUT2D eigenvalue weighted by Crippen LogP contribution is 2.44. The van der Waals surface area contributed by atoms with E-state index in [4.69, 9.17) is 5.73 Å². The van der Waals surface area contributed by atoms with Gasteiger partial charge in [0.05, 0.1) is 5.41 Å². The van der Waals surface area contributed by atoms with Crippen molar-refractivity contribution in [3.63, 3.8) is 0 Å². The quantitative estimate of drug-likeness (QED) is 0.633. The minimum atomic E-state index is -0.498. The van der Waals surface area contributed by atoms with Crippen LogP contribution in [0.25, 0.3) is 0 Å². The van der Waals surface area contributed by atoms with E-state index in [1.54, 1.807) is 6.92 Å². The van der Waals surface area contributed by atoms with E-state index in [9.17, 15) is 9.59 Å². The number of carbonyl (C=O) groups excluding carboxylic acids is 2. The van der Waals surface area contributed by atoms with Crippen LogP contribution < -0.4 is 16.4 Å². The molecule has 1 saturated carbocycles. The molecule has 0 radical (unpaired) electrons. The van der Waals surface area contributed by atoms with Gasteiger partial charge in [0.15, 0.2) is 0 Å². The van der Waals surface area contributed by atoms with Crippen molar-refractivity contribution in [1.82, 2.24) is 10.6 Å². The van der Waals surface area contributed by atoms with E-state index in [0.717, 1.165) is 12.8 Å². The van der Waals surface area contributed by atoms with Gasteiger partial charge in [0.1, 0.15) is 6.04 Å². The molecule has 17 heavy (non-hydrogen) atoms. The SMILES string of the molecule is CCNC(=O)C(C)NC(=O)C1(CN)CC(C)C1. The van der Waals surface area contributed by atoms with Gasteiger partial charge < -0.3 is 16.4 Å². The molecule has 0 aliphatic heterocycles. The Morgan fingerprint density at radius 1 is 1.47 bits per heavy atom. The van der Waals surface area contributed by atoms with Crippen LogP contribution >= 0.6 is 0 Å². The van der Waals surface area contributed by atoms with Gasteiger partial charge in [-0.15, -0.1) is 0 Å². The lowest BCUT2D eigenvalue weighted by atomic mass is 9.62. The Morgan fingerprint density at radius 3 is 2.47 bits per heavy atom. The van der Waals surface area contributed by atoms with Crippen LogP contribution in [0.15, 0.2) is 0 Å². The fourth-order valence-electron chi connectivity index (χ4n) is 2.46. The zero-order valence-corrected chi connectivity index (χ0v) is 10.9. The molecule has 0 aromatic rings. The number of hydrogen-bond donors (Lipinski definition) is 3. The molecule has 1 atom stereocenters. The fraction of sp³-hybridized carbons (Fsp3) is 0.833. The highest BCUT2D eigenvalue weighted by molar-refractivity contribution is 5.90. The molecule has 0 bridgehead atoms. The highest BCUT2D eigenvalue weighted by atomic mass is 16.2. The molecule has 0 aromatic heterocycles. The van der Waals surface area contributed by atoms with Gasteiger partial charge in [-0.25, -0.2) is 0 Å². The van der Waals surface area contributed by atoms with Crippen molar-refractivity contribution in [1.29, 1.82) is 0 Å². The Morgan fingerprint density at radius 2 is 2.06 bits per heavy atom. The molecule has 1 rings (SSSR count). The number of nitrogens with two attached hydrogens (primary N) is 1. The van der Waals surface area contributed by atoms with Crippen LogP contribution in [0.3, 0.4) is 0 Å². The molecule has 0 spiro atoms. The molecule has 1 fully saturated rings. The van der Waals surface area contributed by atoms with Crippen molar-refractivity contribution in [3.8, 4) is 0 Å². The van der Waals surface area contributed by atoms with Gasteiger partial charge in [-0.2, -0.15) is 0 Å². The smallest absolute Gasteiger partial charge is 0.242 e.